The summed E-state index contributed by atoms with van der Waals surface area (Å²) in [7, 11) is 0. The van der Waals surface area contributed by atoms with Gasteiger partial charge in [0.05, 0.1) is 24.7 Å². The third-order valence-electron chi connectivity index (χ3n) is 4.16. The standard InChI is InChI=1S/C21H23F3O4/c1-4-26-20(25)13-14(2)15(3)27-17-9-11-19(12-10-17)28-18-7-5-16(6-8-18)21(22,23)24/h5-12,14-15H,4,13H2,1-3H3. The van der Waals surface area contributed by atoms with Gasteiger partial charge in [-0.25, -0.2) is 0 Å². The topological polar surface area (TPSA) is 44.8 Å². The molecule has 0 spiro atoms. The summed E-state index contributed by atoms with van der Waals surface area (Å²) < 4.78 is 54.1. The molecular formula is C21H23F3O4. The predicted octanol–water partition coefficient (Wildman–Crippen LogP) is 5.85. The van der Waals surface area contributed by atoms with Crippen molar-refractivity contribution in [2.45, 2.75) is 39.5 Å². The molecule has 0 heterocycles. The lowest BCUT2D eigenvalue weighted by molar-refractivity contribution is -0.144. The summed E-state index contributed by atoms with van der Waals surface area (Å²) in [6.07, 6.45) is -4.31. The second kappa shape index (κ2) is 9.48. The summed E-state index contributed by atoms with van der Waals surface area (Å²) in [6.45, 7) is 5.89. The molecule has 0 aromatic heterocycles. The largest absolute Gasteiger partial charge is 0.490 e. The molecule has 7 heteroatoms. The lowest BCUT2D eigenvalue weighted by atomic mass is 10.0. The maximum absolute atomic E-state index is 12.6. The molecule has 2 unspecified atom stereocenters. The number of carbonyl (C=O) groups excluding carboxylic acids is 1. The van der Waals surface area contributed by atoms with Gasteiger partial charge in [-0.1, -0.05) is 6.92 Å². The fourth-order valence-electron chi connectivity index (χ4n) is 2.41. The van der Waals surface area contributed by atoms with Crippen molar-refractivity contribution in [2.75, 3.05) is 6.61 Å². The zero-order valence-corrected chi connectivity index (χ0v) is 16.0. The van der Waals surface area contributed by atoms with Gasteiger partial charge in [-0.2, -0.15) is 13.2 Å². The Labute approximate surface area is 162 Å². The Kier molecular flexibility index (Phi) is 7.31. The Hall–Kier alpha value is -2.70. The summed E-state index contributed by atoms with van der Waals surface area (Å²) in [6, 6.07) is 11.2. The zero-order chi connectivity index (χ0) is 20.7. The van der Waals surface area contributed by atoms with Gasteiger partial charge in [0.25, 0.3) is 0 Å². The van der Waals surface area contributed by atoms with Crippen LogP contribution < -0.4 is 9.47 Å². The summed E-state index contributed by atoms with van der Waals surface area (Å²) in [5, 5.41) is 0. The number of halogens is 3. The predicted molar refractivity (Wildman–Crippen MR) is 98.5 cm³/mol. The Morgan fingerprint density at radius 2 is 1.43 bits per heavy atom. The van der Waals surface area contributed by atoms with Crippen molar-refractivity contribution in [1.82, 2.24) is 0 Å². The number of rotatable bonds is 8. The van der Waals surface area contributed by atoms with E-state index < -0.39 is 11.7 Å². The Morgan fingerprint density at radius 3 is 1.93 bits per heavy atom. The Morgan fingerprint density at radius 1 is 0.929 bits per heavy atom. The SMILES string of the molecule is CCOC(=O)CC(C)C(C)Oc1ccc(Oc2ccc(C(F)(F)F)cc2)cc1. The van der Waals surface area contributed by atoms with Crippen LogP contribution in [0, 0.1) is 5.92 Å². The molecular weight excluding hydrogens is 373 g/mol. The minimum atomic E-state index is -4.38. The average Bonchev–Trinajstić information content (AvgIpc) is 2.63. The fraction of sp³-hybridized carbons (Fsp3) is 0.381. The number of hydrogen-bond donors (Lipinski definition) is 0. The van der Waals surface area contributed by atoms with Crippen molar-refractivity contribution in [3.05, 3.63) is 54.1 Å². The second-order valence-electron chi connectivity index (χ2n) is 6.41. The molecule has 2 rings (SSSR count). The van der Waals surface area contributed by atoms with Gasteiger partial charge in [0, 0.05) is 5.92 Å². The van der Waals surface area contributed by atoms with Gasteiger partial charge in [0.15, 0.2) is 0 Å². The van der Waals surface area contributed by atoms with E-state index in [1.807, 2.05) is 13.8 Å². The van der Waals surface area contributed by atoms with Crippen LogP contribution in [0.2, 0.25) is 0 Å². The molecule has 2 atom stereocenters. The van der Waals surface area contributed by atoms with Crippen molar-refractivity contribution in [2.24, 2.45) is 5.92 Å². The van der Waals surface area contributed by atoms with E-state index in [-0.39, 0.29) is 24.4 Å². The fourth-order valence-corrected chi connectivity index (χ4v) is 2.41. The van der Waals surface area contributed by atoms with Crippen molar-refractivity contribution >= 4 is 5.97 Å². The molecule has 0 fully saturated rings. The van der Waals surface area contributed by atoms with E-state index in [0.717, 1.165) is 12.1 Å². The van der Waals surface area contributed by atoms with Crippen molar-refractivity contribution in [1.29, 1.82) is 0 Å². The highest BCUT2D eigenvalue weighted by atomic mass is 19.4. The van der Waals surface area contributed by atoms with E-state index in [1.165, 1.54) is 12.1 Å². The molecule has 0 saturated heterocycles. The molecule has 0 aliphatic rings. The number of ether oxygens (including phenoxy) is 3. The van der Waals surface area contributed by atoms with Crippen molar-refractivity contribution < 1.29 is 32.2 Å². The van der Waals surface area contributed by atoms with Crippen molar-refractivity contribution in [3.63, 3.8) is 0 Å². The van der Waals surface area contributed by atoms with Crippen LogP contribution in [0.4, 0.5) is 13.2 Å². The number of hydrogen-bond acceptors (Lipinski definition) is 4. The van der Waals surface area contributed by atoms with Gasteiger partial charge in [0.2, 0.25) is 0 Å². The normalized spacial score (nSPS) is 13.5. The van der Waals surface area contributed by atoms with Crippen LogP contribution in [0.25, 0.3) is 0 Å². The molecule has 0 saturated carbocycles. The third kappa shape index (κ3) is 6.48. The molecule has 4 nitrogen and oxygen atoms in total. The highest BCUT2D eigenvalue weighted by molar-refractivity contribution is 5.69. The number of carbonyl (C=O) groups is 1. The molecule has 0 bridgehead atoms. The first-order valence-electron chi connectivity index (χ1n) is 8.96. The Bertz CT molecular complexity index is 755. The molecule has 0 aliphatic heterocycles. The molecule has 28 heavy (non-hydrogen) atoms. The van der Waals surface area contributed by atoms with E-state index in [4.69, 9.17) is 14.2 Å². The number of esters is 1. The average molecular weight is 396 g/mol. The monoisotopic (exact) mass is 396 g/mol. The minimum absolute atomic E-state index is 0.0258. The van der Waals surface area contributed by atoms with Crippen LogP contribution in [-0.4, -0.2) is 18.7 Å². The summed E-state index contributed by atoms with van der Waals surface area (Å²) >= 11 is 0. The van der Waals surface area contributed by atoms with E-state index in [2.05, 4.69) is 0 Å². The smallest absolute Gasteiger partial charge is 0.416 e. The van der Waals surface area contributed by atoms with Crippen LogP contribution in [0.3, 0.4) is 0 Å². The van der Waals surface area contributed by atoms with Gasteiger partial charge in [-0.3, -0.25) is 4.79 Å². The highest BCUT2D eigenvalue weighted by Gasteiger charge is 2.30. The second-order valence-corrected chi connectivity index (χ2v) is 6.41. The Balaban J connectivity index is 1.91. The zero-order valence-electron chi connectivity index (χ0n) is 16.0. The lowest BCUT2D eigenvalue weighted by Crippen LogP contribution is -2.24. The van der Waals surface area contributed by atoms with E-state index in [1.54, 1.807) is 31.2 Å². The van der Waals surface area contributed by atoms with E-state index >= 15 is 0 Å². The first kappa shape index (κ1) is 21.6. The minimum Gasteiger partial charge on any atom is -0.490 e. The van der Waals surface area contributed by atoms with Crippen LogP contribution in [0.5, 0.6) is 17.2 Å². The summed E-state index contributed by atoms with van der Waals surface area (Å²) in [5.41, 5.74) is -0.727. The van der Waals surface area contributed by atoms with Gasteiger partial charge >= 0.3 is 12.1 Å². The van der Waals surface area contributed by atoms with Gasteiger partial charge < -0.3 is 14.2 Å². The van der Waals surface area contributed by atoms with Crippen LogP contribution >= 0.6 is 0 Å². The van der Waals surface area contributed by atoms with Crippen LogP contribution in [-0.2, 0) is 15.7 Å². The van der Waals surface area contributed by atoms with Crippen LogP contribution in [0.1, 0.15) is 32.8 Å². The summed E-state index contributed by atoms with van der Waals surface area (Å²) in [5.74, 6) is 1.09. The third-order valence-corrected chi connectivity index (χ3v) is 4.16. The van der Waals surface area contributed by atoms with Crippen molar-refractivity contribution in [3.8, 4) is 17.2 Å². The van der Waals surface area contributed by atoms with E-state index in [0.29, 0.717) is 23.9 Å². The maximum atomic E-state index is 12.6. The number of alkyl halides is 3. The van der Waals surface area contributed by atoms with Crippen LogP contribution in [0.15, 0.2) is 48.5 Å². The quantitative estimate of drug-likeness (QED) is 0.525. The van der Waals surface area contributed by atoms with Gasteiger partial charge in [-0.15, -0.1) is 0 Å². The molecule has 0 radical (unpaired) electrons. The molecule has 0 amide bonds. The summed E-state index contributed by atoms with van der Waals surface area (Å²) in [4.78, 5) is 11.5. The van der Waals surface area contributed by atoms with Gasteiger partial charge in [0.1, 0.15) is 17.2 Å². The lowest BCUT2D eigenvalue weighted by Gasteiger charge is -2.21. The first-order chi connectivity index (χ1) is 13.2. The molecule has 152 valence electrons. The highest BCUT2D eigenvalue weighted by Crippen LogP contribution is 2.31. The maximum Gasteiger partial charge on any atom is 0.416 e. The molecule has 2 aromatic carbocycles. The molecule has 2 aromatic rings. The van der Waals surface area contributed by atoms with Gasteiger partial charge in [-0.05, 0) is 62.4 Å². The molecule has 0 N–H and O–H groups in total. The van der Waals surface area contributed by atoms with E-state index in [9.17, 15) is 18.0 Å². The first-order valence-corrected chi connectivity index (χ1v) is 8.96. The molecule has 0 aliphatic carbocycles. The number of benzene rings is 2.